The minimum Gasteiger partial charge on any atom is -0.395 e. The predicted molar refractivity (Wildman–Crippen MR) is 86.4 cm³/mol. The summed E-state index contributed by atoms with van der Waals surface area (Å²) in [7, 11) is 1.80. The Morgan fingerprint density at radius 2 is 2.05 bits per heavy atom. The zero-order valence-corrected chi connectivity index (χ0v) is 13.7. The summed E-state index contributed by atoms with van der Waals surface area (Å²) >= 11 is 6.16. The van der Waals surface area contributed by atoms with Crippen molar-refractivity contribution < 1.29 is 9.90 Å². The van der Waals surface area contributed by atoms with Gasteiger partial charge in [-0.15, -0.1) is 0 Å². The summed E-state index contributed by atoms with van der Waals surface area (Å²) < 4.78 is 0. The van der Waals surface area contributed by atoms with E-state index in [1.54, 1.807) is 30.1 Å². The number of rotatable bonds is 4. The number of benzene rings is 1. The molecule has 1 aromatic carbocycles. The van der Waals surface area contributed by atoms with Gasteiger partial charge in [0.05, 0.1) is 11.6 Å². The first-order valence-electron chi connectivity index (χ1n) is 7.05. The number of carbonyl (C=O) groups excluding carboxylic acids is 1. The van der Waals surface area contributed by atoms with Crippen LogP contribution in [-0.2, 0) is 0 Å². The van der Waals surface area contributed by atoms with E-state index in [4.69, 9.17) is 16.7 Å². The van der Waals surface area contributed by atoms with Crippen LogP contribution < -0.4 is 0 Å². The quantitative estimate of drug-likeness (QED) is 0.868. The summed E-state index contributed by atoms with van der Waals surface area (Å²) in [6.07, 6.45) is 0.408. The lowest BCUT2D eigenvalue weighted by molar-refractivity contribution is 0.0707. The molecule has 114 valence electrons. The maximum atomic E-state index is 12.4. The van der Waals surface area contributed by atoms with Crippen molar-refractivity contribution in [2.75, 3.05) is 13.7 Å². The summed E-state index contributed by atoms with van der Waals surface area (Å²) in [6, 6.07) is 5.28. The van der Waals surface area contributed by atoms with Gasteiger partial charge in [-0.3, -0.25) is 4.79 Å². The van der Waals surface area contributed by atoms with Crippen molar-refractivity contribution in [1.29, 1.82) is 0 Å². The van der Waals surface area contributed by atoms with Crippen LogP contribution in [0.3, 0.4) is 0 Å². The molecule has 1 amide bonds. The molecule has 1 rings (SSSR count). The van der Waals surface area contributed by atoms with E-state index in [1.165, 1.54) is 0 Å². The normalized spacial score (nSPS) is 11.8. The van der Waals surface area contributed by atoms with Crippen LogP contribution in [0, 0.1) is 17.8 Å². The third-order valence-electron chi connectivity index (χ3n) is 3.57. The first-order chi connectivity index (χ1) is 9.88. The Kier molecular flexibility index (Phi) is 6.74. The molecule has 0 spiro atoms. The molecule has 1 unspecified atom stereocenters. The van der Waals surface area contributed by atoms with Gasteiger partial charge in [0.2, 0.25) is 0 Å². The molecule has 0 aliphatic carbocycles. The van der Waals surface area contributed by atoms with E-state index in [-0.39, 0.29) is 18.6 Å². The summed E-state index contributed by atoms with van der Waals surface area (Å²) in [5.41, 5.74) is 1.23. The molecule has 1 N–H and O–H groups in total. The highest BCUT2D eigenvalue weighted by molar-refractivity contribution is 6.32. The zero-order valence-electron chi connectivity index (χ0n) is 13.0. The first kappa shape index (κ1) is 17.6. The minimum absolute atomic E-state index is 0.0269. The van der Waals surface area contributed by atoms with Crippen molar-refractivity contribution in [3.05, 3.63) is 34.3 Å². The molecule has 21 heavy (non-hydrogen) atoms. The maximum Gasteiger partial charge on any atom is 0.253 e. The van der Waals surface area contributed by atoms with Crippen molar-refractivity contribution in [2.24, 2.45) is 5.92 Å². The smallest absolute Gasteiger partial charge is 0.253 e. The molecule has 0 heterocycles. The summed E-state index contributed by atoms with van der Waals surface area (Å²) in [4.78, 5) is 14.1. The van der Waals surface area contributed by atoms with Crippen LogP contribution in [0.4, 0.5) is 0 Å². The van der Waals surface area contributed by atoms with Crippen LogP contribution in [0.2, 0.25) is 5.02 Å². The molecule has 1 atom stereocenters. The number of halogens is 1. The van der Waals surface area contributed by atoms with E-state index in [1.807, 2.05) is 6.92 Å². The van der Waals surface area contributed by atoms with Crippen molar-refractivity contribution in [2.45, 2.75) is 33.2 Å². The molecule has 0 radical (unpaired) electrons. The van der Waals surface area contributed by atoms with E-state index in [2.05, 4.69) is 25.7 Å². The molecular weight excluding hydrogens is 286 g/mol. The number of amides is 1. The Morgan fingerprint density at radius 3 is 2.57 bits per heavy atom. The first-order valence-corrected chi connectivity index (χ1v) is 7.42. The third kappa shape index (κ3) is 4.77. The van der Waals surface area contributed by atoms with E-state index >= 15 is 0 Å². The number of hydrogen-bond donors (Lipinski definition) is 1. The second kappa shape index (κ2) is 8.07. The fraction of sp³-hybridized carbons (Fsp3) is 0.471. The van der Waals surface area contributed by atoms with Crippen LogP contribution in [0.25, 0.3) is 0 Å². The number of nitrogens with zero attached hydrogens (tertiary/aromatic N) is 1. The highest BCUT2D eigenvalue weighted by Crippen LogP contribution is 2.19. The van der Waals surface area contributed by atoms with Crippen LogP contribution in [0.15, 0.2) is 18.2 Å². The van der Waals surface area contributed by atoms with Gasteiger partial charge in [0.25, 0.3) is 5.91 Å². The van der Waals surface area contributed by atoms with Gasteiger partial charge in [-0.25, -0.2) is 0 Å². The minimum atomic E-state index is -0.0482. The van der Waals surface area contributed by atoms with E-state index in [9.17, 15) is 4.79 Å². The van der Waals surface area contributed by atoms with Crippen LogP contribution >= 0.6 is 11.6 Å². The molecule has 0 aliphatic heterocycles. The van der Waals surface area contributed by atoms with Gasteiger partial charge in [-0.05, 0) is 31.0 Å². The second-order valence-electron chi connectivity index (χ2n) is 5.37. The van der Waals surface area contributed by atoms with Gasteiger partial charge in [0, 0.05) is 30.6 Å². The van der Waals surface area contributed by atoms with Gasteiger partial charge in [0.15, 0.2) is 0 Å². The van der Waals surface area contributed by atoms with Gasteiger partial charge >= 0.3 is 0 Å². The fourth-order valence-electron chi connectivity index (χ4n) is 1.80. The van der Waals surface area contributed by atoms with Gasteiger partial charge in [0.1, 0.15) is 0 Å². The van der Waals surface area contributed by atoms with E-state index < -0.39 is 0 Å². The van der Waals surface area contributed by atoms with Crippen molar-refractivity contribution in [1.82, 2.24) is 4.90 Å². The number of aliphatic hydroxyl groups excluding tert-OH is 1. The number of hydrogen-bond acceptors (Lipinski definition) is 2. The summed E-state index contributed by atoms with van der Waals surface area (Å²) in [6.45, 7) is 6.22. The van der Waals surface area contributed by atoms with Crippen LogP contribution in [0.1, 0.15) is 43.1 Å². The Hall–Kier alpha value is -1.50. The van der Waals surface area contributed by atoms with Crippen molar-refractivity contribution >= 4 is 17.5 Å². The molecule has 1 aromatic rings. The summed E-state index contributed by atoms with van der Waals surface area (Å²) in [5, 5.41) is 9.16. The van der Waals surface area contributed by atoms with Crippen LogP contribution in [-0.4, -0.2) is 35.6 Å². The summed E-state index contributed by atoms with van der Waals surface area (Å²) in [5.74, 6) is 6.04. The van der Waals surface area contributed by atoms with Gasteiger partial charge in [-0.1, -0.05) is 37.3 Å². The maximum absolute atomic E-state index is 12.4. The fourth-order valence-corrected chi connectivity index (χ4v) is 2.03. The van der Waals surface area contributed by atoms with Crippen molar-refractivity contribution in [3.63, 3.8) is 0 Å². The molecule has 0 bridgehead atoms. The molecular formula is C17H22ClNO2. The monoisotopic (exact) mass is 307 g/mol. The molecule has 0 aliphatic rings. The van der Waals surface area contributed by atoms with Crippen LogP contribution in [0.5, 0.6) is 0 Å². The molecule has 0 fully saturated rings. The number of aliphatic hydroxyl groups is 1. The SMILES string of the molecule is CC(C)C(C)N(C)C(=O)c1ccc(C#CCCO)c(Cl)c1. The van der Waals surface area contributed by atoms with Gasteiger partial charge in [-0.2, -0.15) is 0 Å². The highest BCUT2D eigenvalue weighted by atomic mass is 35.5. The average molecular weight is 308 g/mol. The predicted octanol–water partition coefficient (Wildman–Crippen LogP) is 3.19. The Morgan fingerprint density at radius 1 is 1.38 bits per heavy atom. The lowest BCUT2D eigenvalue weighted by Crippen LogP contribution is -2.38. The third-order valence-corrected chi connectivity index (χ3v) is 3.88. The topological polar surface area (TPSA) is 40.5 Å². The Balaban J connectivity index is 2.94. The lowest BCUT2D eigenvalue weighted by atomic mass is 10.0. The van der Waals surface area contributed by atoms with E-state index in [0.717, 1.165) is 0 Å². The molecule has 0 saturated carbocycles. The zero-order chi connectivity index (χ0) is 16.0. The lowest BCUT2D eigenvalue weighted by Gasteiger charge is -2.28. The van der Waals surface area contributed by atoms with E-state index in [0.29, 0.717) is 28.5 Å². The molecule has 3 nitrogen and oxygen atoms in total. The highest BCUT2D eigenvalue weighted by Gasteiger charge is 2.20. The number of carbonyl (C=O) groups is 1. The molecule has 0 aromatic heterocycles. The largest absolute Gasteiger partial charge is 0.395 e. The second-order valence-corrected chi connectivity index (χ2v) is 5.78. The molecule has 0 saturated heterocycles. The molecule has 4 heteroatoms. The standard InChI is InChI=1S/C17H22ClNO2/c1-12(2)13(3)19(4)17(21)15-9-8-14(16(18)11-15)7-5-6-10-20/h8-9,11-13,20H,6,10H2,1-4H3. The average Bonchev–Trinajstić information content (AvgIpc) is 2.46. The Labute approximate surface area is 131 Å². The Bertz CT molecular complexity index is 558. The van der Waals surface area contributed by atoms with Crippen molar-refractivity contribution in [3.8, 4) is 11.8 Å². The van der Waals surface area contributed by atoms with Gasteiger partial charge < -0.3 is 10.0 Å².